The van der Waals surface area contributed by atoms with Crippen LogP contribution in [0.25, 0.3) is 0 Å². The van der Waals surface area contributed by atoms with Gasteiger partial charge in [-0.05, 0) is 39.0 Å². The van der Waals surface area contributed by atoms with Crippen molar-refractivity contribution < 1.29 is 4.79 Å². The predicted molar refractivity (Wildman–Crippen MR) is 116 cm³/mol. The van der Waals surface area contributed by atoms with Gasteiger partial charge in [0.15, 0.2) is 5.96 Å². The van der Waals surface area contributed by atoms with Crippen LogP contribution in [-0.4, -0.2) is 49.0 Å². The van der Waals surface area contributed by atoms with Gasteiger partial charge in [0.1, 0.15) is 0 Å². The summed E-state index contributed by atoms with van der Waals surface area (Å²) < 4.78 is 0. The predicted octanol–water partition coefficient (Wildman–Crippen LogP) is 3.39. The first-order valence-electron chi connectivity index (χ1n) is 10.0. The first-order valence-corrected chi connectivity index (χ1v) is 10.0. The molecular weight excluding hydrogens is 427 g/mol. The van der Waals surface area contributed by atoms with Crippen molar-refractivity contribution in [2.24, 2.45) is 16.8 Å². The van der Waals surface area contributed by atoms with Gasteiger partial charge in [-0.25, -0.2) is 0 Å². The third-order valence-electron chi connectivity index (χ3n) is 5.47. The lowest BCUT2D eigenvalue weighted by Gasteiger charge is -2.22. The van der Waals surface area contributed by atoms with Gasteiger partial charge >= 0.3 is 0 Å². The van der Waals surface area contributed by atoms with Gasteiger partial charge in [-0.15, -0.1) is 24.0 Å². The van der Waals surface area contributed by atoms with Crippen molar-refractivity contribution in [1.29, 1.82) is 0 Å². The van der Waals surface area contributed by atoms with Crippen molar-refractivity contribution in [1.82, 2.24) is 15.5 Å². The molecule has 2 saturated carbocycles. The molecule has 0 aromatic heterocycles. The number of hydrogen-bond donors (Lipinski definition) is 2. The Kier molecular flexibility index (Phi) is 10.8. The Hall–Kier alpha value is -0.530. The van der Waals surface area contributed by atoms with Gasteiger partial charge in [-0.3, -0.25) is 9.79 Å². The van der Waals surface area contributed by atoms with E-state index in [-0.39, 0.29) is 29.9 Å². The number of guanidine groups is 1. The number of carbonyl (C=O) groups is 1. The zero-order valence-corrected chi connectivity index (χ0v) is 18.6. The molecule has 2 atom stereocenters. The van der Waals surface area contributed by atoms with Crippen LogP contribution in [0.15, 0.2) is 4.99 Å². The number of nitrogens with one attached hydrogen (secondary N) is 2. The molecule has 6 heteroatoms. The minimum atomic E-state index is 0. The maximum absolute atomic E-state index is 12.1. The minimum Gasteiger partial charge on any atom is -0.357 e. The summed E-state index contributed by atoms with van der Waals surface area (Å²) in [6, 6.07) is 0.587. The topological polar surface area (TPSA) is 56.7 Å². The average molecular weight is 464 g/mol. The molecule has 0 saturated heterocycles. The second-order valence-corrected chi connectivity index (χ2v) is 7.13. The Labute approximate surface area is 170 Å². The fraction of sp³-hybridized carbons (Fsp3) is 0.895. The Balaban J connectivity index is 0.00000312. The summed E-state index contributed by atoms with van der Waals surface area (Å²) in [5.74, 6) is 2.84. The number of hydrogen-bond acceptors (Lipinski definition) is 2. The molecule has 0 spiro atoms. The van der Waals surface area contributed by atoms with E-state index in [9.17, 15) is 4.79 Å². The van der Waals surface area contributed by atoms with E-state index in [1.807, 2.05) is 18.7 Å². The molecule has 2 rings (SSSR count). The Morgan fingerprint density at radius 3 is 2.40 bits per heavy atom. The Bertz CT molecular complexity index is 420. The van der Waals surface area contributed by atoms with Gasteiger partial charge in [0, 0.05) is 32.1 Å². The van der Waals surface area contributed by atoms with E-state index >= 15 is 0 Å². The standard InChI is InChI=1S/C19H36N4O.HI/c1-4-20-19(21-13-12-18(24)23(5-2)6-3)22-17-14-16(17)15-10-8-7-9-11-15;/h15-17H,4-14H2,1-3H3,(H2,20,21,22);1H. The summed E-state index contributed by atoms with van der Waals surface area (Å²) in [6.45, 7) is 9.11. The number of carbonyl (C=O) groups excluding carboxylic acids is 1. The van der Waals surface area contributed by atoms with Crippen molar-refractivity contribution in [2.45, 2.75) is 71.8 Å². The van der Waals surface area contributed by atoms with Gasteiger partial charge in [-0.1, -0.05) is 32.1 Å². The van der Waals surface area contributed by atoms with Gasteiger partial charge in [0.25, 0.3) is 0 Å². The molecule has 2 unspecified atom stereocenters. The molecule has 0 aromatic carbocycles. The van der Waals surface area contributed by atoms with Crippen molar-refractivity contribution in [3.05, 3.63) is 0 Å². The molecule has 5 nitrogen and oxygen atoms in total. The fourth-order valence-electron chi connectivity index (χ4n) is 3.96. The Morgan fingerprint density at radius 1 is 1.12 bits per heavy atom. The maximum atomic E-state index is 12.1. The highest BCUT2D eigenvalue weighted by Crippen LogP contribution is 2.44. The highest BCUT2D eigenvalue weighted by atomic mass is 127. The number of aliphatic imine (C=N–C) groups is 1. The van der Waals surface area contributed by atoms with E-state index in [1.165, 1.54) is 38.5 Å². The molecule has 0 aromatic rings. The minimum absolute atomic E-state index is 0. The molecule has 0 heterocycles. The third kappa shape index (κ3) is 7.31. The summed E-state index contributed by atoms with van der Waals surface area (Å²) in [7, 11) is 0. The summed E-state index contributed by atoms with van der Waals surface area (Å²) >= 11 is 0. The zero-order chi connectivity index (χ0) is 17.4. The SMILES string of the molecule is CCNC(=NCCC(=O)N(CC)CC)NC1CC1C1CCCCC1.I. The van der Waals surface area contributed by atoms with Crippen LogP contribution in [0.1, 0.15) is 65.7 Å². The number of amides is 1. The van der Waals surface area contributed by atoms with Crippen molar-refractivity contribution >= 4 is 35.8 Å². The van der Waals surface area contributed by atoms with Gasteiger partial charge in [0.2, 0.25) is 5.91 Å². The van der Waals surface area contributed by atoms with Crippen LogP contribution in [0.5, 0.6) is 0 Å². The summed E-state index contributed by atoms with van der Waals surface area (Å²) in [5, 5.41) is 6.91. The van der Waals surface area contributed by atoms with Gasteiger partial charge in [0.05, 0.1) is 6.54 Å². The van der Waals surface area contributed by atoms with Crippen molar-refractivity contribution in [3.63, 3.8) is 0 Å². The van der Waals surface area contributed by atoms with Crippen LogP contribution in [0.4, 0.5) is 0 Å². The Morgan fingerprint density at radius 2 is 1.80 bits per heavy atom. The van der Waals surface area contributed by atoms with E-state index < -0.39 is 0 Å². The van der Waals surface area contributed by atoms with Crippen LogP contribution in [0.3, 0.4) is 0 Å². The van der Waals surface area contributed by atoms with Crippen LogP contribution in [0.2, 0.25) is 0 Å². The molecule has 2 N–H and O–H groups in total. The number of nitrogens with zero attached hydrogens (tertiary/aromatic N) is 2. The van der Waals surface area contributed by atoms with E-state index in [2.05, 4.69) is 22.5 Å². The van der Waals surface area contributed by atoms with Crippen LogP contribution < -0.4 is 10.6 Å². The lowest BCUT2D eigenvalue weighted by Crippen LogP contribution is -2.40. The van der Waals surface area contributed by atoms with Gasteiger partial charge in [-0.2, -0.15) is 0 Å². The summed E-state index contributed by atoms with van der Waals surface area (Å²) in [6.07, 6.45) is 8.85. The molecule has 1 amide bonds. The quantitative estimate of drug-likeness (QED) is 0.329. The molecule has 25 heavy (non-hydrogen) atoms. The smallest absolute Gasteiger partial charge is 0.224 e. The van der Waals surface area contributed by atoms with Crippen LogP contribution in [-0.2, 0) is 4.79 Å². The molecule has 0 bridgehead atoms. The lowest BCUT2D eigenvalue weighted by molar-refractivity contribution is -0.130. The normalized spacial score (nSPS) is 23.6. The summed E-state index contributed by atoms with van der Waals surface area (Å²) in [4.78, 5) is 18.5. The zero-order valence-electron chi connectivity index (χ0n) is 16.2. The molecule has 2 aliphatic carbocycles. The average Bonchev–Trinajstić information content (AvgIpc) is 3.36. The number of halogens is 1. The van der Waals surface area contributed by atoms with Crippen LogP contribution >= 0.6 is 24.0 Å². The highest BCUT2D eigenvalue weighted by Gasteiger charge is 2.43. The molecule has 2 fully saturated rings. The molecular formula is C19H37IN4O. The second kappa shape index (κ2) is 12.0. The molecule has 146 valence electrons. The first-order chi connectivity index (χ1) is 11.7. The number of rotatable bonds is 8. The largest absolute Gasteiger partial charge is 0.357 e. The van der Waals surface area contributed by atoms with Gasteiger partial charge < -0.3 is 15.5 Å². The van der Waals surface area contributed by atoms with E-state index in [0.29, 0.717) is 19.0 Å². The fourth-order valence-corrected chi connectivity index (χ4v) is 3.96. The molecule has 2 aliphatic rings. The van der Waals surface area contributed by atoms with E-state index in [4.69, 9.17) is 0 Å². The maximum Gasteiger partial charge on any atom is 0.224 e. The van der Waals surface area contributed by atoms with E-state index in [1.54, 1.807) is 0 Å². The second-order valence-electron chi connectivity index (χ2n) is 7.13. The van der Waals surface area contributed by atoms with Crippen LogP contribution in [0, 0.1) is 11.8 Å². The third-order valence-corrected chi connectivity index (χ3v) is 5.47. The summed E-state index contributed by atoms with van der Waals surface area (Å²) in [5.41, 5.74) is 0. The molecule has 0 aliphatic heterocycles. The van der Waals surface area contributed by atoms with Crippen molar-refractivity contribution in [2.75, 3.05) is 26.2 Å². The monoisotopic (exact) mass is 464 g/mol. The highest BCUT2D eigenvalue weighted by molar-refractivity contribution is 14.0. The lowest BCUT2D eigenvalue weighted by atomic mass is 9.85. The van der Waals surface area contributed by atoms with Crippen molar-refractivity contribution in [3.8, 4) is 0 Å². The van der Waals surface area contributed by atoms with E-state index in [0.717, 1.165) is 37.4 Å². The molecule has 0 radical (unpaired) electrons. The first kappa shape index (κ1) is 22.5.